The normalized spacial score (nSPS) is 16.0. The standard InChI is InChI=1S/C22H25FN4O.ClH/c1-2-3-4-19-21(22(28)27-14-16(23)7-10-20(27)26-19)15-5-8-17(9-6-15)25-18-11-12-24-13-18;/h5-10,14,18,24-25H,2-4,11-13H2,1H3;1H/t18-;/m1./s1. The molecule has 1 aliphatic heterocycles. The van der Waals surface area contributed by atoms with E-state index in [9.17, 15) is 9.18 Å². The molecular formula is C22H26ClFN4O. The number of hydrogen-bond acceptors (Lipinski definition) is 4. The molecule has 0 radical (unpaired) electrons. The highest BCUT2D eigenvalue weighted by Crippen LogP contribution is 2.24. The van der Waals surface area contributed by atoms with Crippen molar-refractivity contribution >= 4 is 23.7 Å². The van der Waals surface area contributed by atoms with Crippen LogP contribution in [0, 0.1) is 5.82 Å². The summed E-state index contributed by atoms with van der Waals surface area (Å²) in [5, 5.41) is 6.85. The molecule has 1 saturated heterocycles. The summed E-state index contributed by atoms with van der Waals surface area (Å²) in [5.41, 5.74) is 3.44. The molecule has 5 nitrogen and oxygen atoms in total. The van der Waals surface area contributed by atoms with E-state index in [1.807, 2.05) is 24.3 Å². The van der Waals surface area contributed by atoms with Crippen LogP contribution in [0.15, 0.2) is 47.4 Å². The summed E-state index contributed by atoms with van der Waals surface area (Å²) in [6, 6.07) is 11.2. The Morgan fingerprint density at radius 3 is 2.72 bits per heavy atom. The van der Waals surface area contributed by atoms with Crippen molar-refractivity contribution < 1.29 is 4.39 Å². The number of nitrogens with one attached hydrogen (secondary N) is 2. The maximum Gasteiger partial charge on any atom is 0.266 e. The molecule has 0 spiro atoms. The van der Waals surface area contributed by atoms with E-state index in [4.69, 9.17) is 0 Å². The second kappa shape index (κ2) is 9.37. The van der Waals surface area contributed by atoms with Gasteiger partial charge in [-0.3, -0.25) is 9.20 Å². The predicted octanol–water partition coefficient (Wildman–Crippen LogP) is 4.04. The van der Waals surface area contributed by atoms with Crippen LogP contribution >= 0.6 is 12.4 Å². The van der Waals surface area contributed by atoms with Crippen molar-refractivity contribution in [2.45, 2.75) is 38.6 Å². The van der Waals surface area contributed by atoms with Crippen LogP contribution in [0.5, 0.6) is 0 Å². The van der Waals surface area contributed by atoms with Crippen LogP contribution in [0.1, 0.15) is 31.9 Å². The zero-order valence-electron chi connectivity index (χ0n) is 16.5. The Hall–Kier alpha value is -2.44. The number of hydrogen-bond donors (Lipinski definition) is 2. The Bertz CT molecular complexity index is 1030. The monoisotopic (exact) mass is 416 g/mol. The first-order valence-electron chi connectivity index (χ1n) is 9.94. The molecular weight excluding hydrogens is 391 g/mol. The van der Waals surface area contributed by atoms with Gasteiger partial charge in [-0.25, -0.2) is 9.37 Å². The fourth-order valence-electron chi connectivity index (χ4n) is 3.72. The van der Waals surface area contributed by atoms with Crippen LogP contribution in [-0.4, -0.2) is 28.5 Å². The number of aromatic nitrogens is 2. The van der Waals surface area contributed by atoms with E-state index in [-0.39, 0.29) is 18.0 Å². The van der Waals surface area contributed by atoms with Crippen LogP contribution < -0.4 is 16.2 Å². The average Bonchev–Trinajstić information content (AvgIpc) is 3.21. The highest BCUT2D eigenvalue weighted by atomic mass is 35.5. The van der Waals surface area contributed by atoms with Gasteiger partial charge < -0.3 is 10.6 Å². The lowest BCUT2D eigenvalue weighted by Gasteiger charge is -2.14. The summed E-state index contributed by atoms with van der Waals surface area (Å²) in [7, 11) is 0. The number of nitrogens with zero attached hydrogens (tertiary/aromatic N) is 2. The molecule has 2 aromatic heterocycles. The van der Waals surface area contributed by atoms with Gasteiger partial charge >= 0.3 is 0 Å². The first-order valence-corrected chi connectivity index (χ1v) is 9.94. The lowest BCUT2D eigenvalue weighted by Crippen LogP contribution is -2.22. The Morgan fingerprint density at radius 1 is 1.24 bits per heavy atom. The second-order valence-electron chi connectivity index (χ2n) is 7.33. The van der Waals surface area contributed by atoms with Gasteiger partial charge in [0, 0.05) is 24.5 Å². The van der Waals surface area contributed by atoms with Crippen molar-refractivity contribution in [1.29, 1.82) is 0 Å². The van der Waals surface area contributed by atoms with Crippen molar-refractivity contribution in [2.75, 3.05) is 18.4 Å². The van der Waals surface area contributed by atoms with E-state index < -0.39 is 5.82 Å². The highest BCUT2D eigenvalue weighted by molar-refractivity contribution is 5.85. The maximum absolute atomic E-state index is 13.7. The maximum atomic E-state index is 13.7. The first-order chi connectivity index (χ1) is 13.7. The lowest BCUT2D eigenvalue weighted by atomic mass is 10.0. The van der Waals surface area contributed by atoms with Crippen LogP contribution in [0.25, 0.3) is 16.8 Å². The van der Waals surface area contributed by atoms with Crippen molar-refractivity contribution in [3.8, 4) is 11.1 Å². The molecule has 3 heterocycles. The molecule has 0 saturated carbocycles. The molecule has 1 atom stereocenters. The second-order valence-corrected chi connectivity index (χ2v) is 7.33. The van der Waals surface area contributed by atoms with Crippen LogP contribution in [0.2, 0.25) is 0 Å². The number of halogens is 2. The van der Waals surface area contributed by atoms with Crippen molar-refractivity contribution in [1.82, 2.24) is 14.7 Å². The van der Waals surface area contributed by atoms with Gasteiger partial charge in [0.25, 0.3) is 5.56 Å². The Balaban J connectivity index is 0.00000240. The van der Waals surface area contributed by atoms with Gasteiger partial charge in [0.05, 0.1) is 11.3 Å². The third kappa shape index (κ3) is 4.60. The number of aryl methyl sites for hydroxylation is 1. The van der Waals surface area contributed by atoms with E-state index in [0.717, 1.165) is 55.7 Å². The quantitative estimate of drug-likeness (QED) is 0.636. The molecule has 0 bridgehead atoms. The van der Waals surface area contributed by atoms with Gasteiger partial charge in [0.15, 0.2) is 0 Å². The van der Waals surface area contributed by atoms with Crippen molar-refractivity contribution in [3.63, 3.8) is 0 Å². The van der Waals surface area contributed by atoms with Crippen LogP contribution in [-0.2, 0) is 6.42 Å². The molecule has 0 amide bonds. The van der Waals surface area contributed by atoms with Crippen molar-refractivity contribution in [2.24, 2.45) is 0 Å². The zero-order chi connectivity index (χ0) is 19.5. The minimum absolute atomic E-state index is 0. The van der Waals surface area contributed by atoms with Crippen LogP contribution in [0.3, 0.4) is 0 Å². The molecule has 0 aliphatic carbocycles. The number of unbranched alkanes of at least 4 members (excludes halogenated alkanes) is 1. The number of fused-ring (bicyclic) bond motifs is 1. The van der Waals surface area contributed by atoms with Crippen molar-refractivity contribution in [3.05, 3.63) is 64.5 Å². The third-order valence-corrected chi connectivity index (χ3v) is 5.23. The molecule has 4 rings (SSSR count). The Morgan fingerprint density at radius 2 is 2.03 bits per heavy atom. The average molecular weight is 417 g/mol. The summed E-state index contributed by atoms with van der Waals surface area (Å²) < 4.78 is 15.0. The minimum Gasteiger partial charge on any atom is -0.381 e. The summed E-state index contributed by atoms with van der Waals surface area (Å²) >= 11 is 0. The molecule has 1 aliphatic rings. The molecule has 29 heavy (non-hydrogen) atoms. The molecule has 1 aromatic carbocycles. The summed E-state index contributed by atoms with van der Waals surface area (Å²) in [5.74, 6) is -0.451. The Kier molecular flexibility index (Phi) is 6.87. The van der Waals surface area contributed by atoms with Crippen LogP contribution in [0.4, 0.5) is 10.1 Å². The zero-order valence-corrected chi connectivity index (χ0v) is 17.3. The number of rotatable bonds is 6. The SMILES string of the molecule is CCCCc1nc2ccc(F)cn2c(=O)c1-c1ccc(N[C@@H]2CCNC2)cc1.Cl. The van der Waals surface area contributed by atoms with E-state index in [1.165, 1.54) is 16.7 Å². The van der Waals surface area contributed by atoms with E-state index >= 15 is 0 Å². The van der Waals surface area contributed by atoms with Gasteiger partial charge in [-0.2, -0.15) is 0 Å². The molecule has 3 aromatic rings. The number of anilines is 1. The van der Waals surface area contributed by atoms with Gasteiger partial charge in [-0.15, -0.1) is 12.4 Å². The first kappa shape index (κ1) is 21.3. The topological polar surface area (TPSA) is 58.4 Å². The fourth-order valence-corrected chi connectivity index (χ4v) is 3.72. The summed E-state index contributed by atoms with van der Waals surface area (Å²) in [4.78, 5) is 17.8. The van der Waals surface area contributed by atoms with Gasteiger partial charge in [-0.05, 0) is 55.6 Å². The molecule has 2 N–H and O–H groups in total. The largest absolute Gasteiger partial charge is 0.381 e. The van der Waals surface area contributed by atoms with E-state index in [0.29, 0.717) is 17.3 Å². The minimum atomic E-state index is -0.451. The molecule has 1 fully saturated rings. The summed E-state index contributed by atoms with van der Waals surface area (Å²) in [6.45, 7) is 4.11. The number of benzene rings is 1. The molecule has 7 heteroatoms. The van der Waals surface area contributed by atoms with Gasteiger partial charge in [0.1, 0.15) is 11.5 Å². The van der Waals surface area contributed by atoms with E-state index in [2.05, 4.69) is 22.5 Å². The van der Waals surface area contributed by atoms with E-state index in [1.54, 1.807) is 6.07 Å². The molecule has 0 unspecified atom stereocenters. The fraction of sp³-hybridized carbons (Fsp3) is 0.364. The number of pyridine rings is 1. The smallest absolute Gasteiger partial charge is 0.266 e. The third-order valence-electron chi connectivity index (χ3n) is 5.23. The lowest BCUT2D eigenvalue weighted by molar-refractivity contribution is 0.617. The Labute approximate surface area is 175 Å². The van der Waals surface area contributed by atoms with Gasteiger partial charge in [0.2, 0.25) is 0 Å². The predicted molar refractivity (Wildman–Crippen MR) is 118 cm³/mol. The highest BCUT2D eigenvalue weighted by Gasteiger charge is 2.16. The molecule has 154 valence electrons. The summed E-state index contributed by atoms with van der Waals surface area (Å²) in [6.07, 6.45) is 5.00. The van der Waals surface area contributed by atoms with Gasteiger partial charge in [-0.1, -0.05) is 25.5 Å².